The maximum absolute atomic E-state index is 12.3. The van der Waals surface area contributed by atoms with Gasteiger partial charge in [0.2, 0.25) is 0 Å². The molecule has 0 spiro atoms. The van der Waals surface area contributed by atoms with Crippen LogP contribution in [0.5, 0.6) is 0 Å². The highest BCUT2D eigenvalue weighted by molar-refractivity contribution is 5.89. The Morgan fingerprint density at radius 3 is 2.64 bits per heavy atom. The van der Waals surface area contributed by atoms with Crippen molar-refractivity contribution in [3.8, 4) is 0 Å². The standard InChI is InChI=1S/C10H16FNO2/c1-3-4-5-9(7-11)12-10(14)6-8(2)13/h5-6,13H,3-4,7H2,1-2H3,(H,12,14)/b8-6+,9-5+. The van der Waals surface area contributed by atoms with Gasteiger partial charge >= 0.3 is 0 Å². The fourth-order valence-corrected chi connectivity index (χ4v) is 0.842. The number of carbonyl (C=O) groups is 1. The van der Waals surface area contributed by atoms with Gasteiger partial charge in [-0.3, -0.25) is 4.79 Å². The molecule has 0 aliphatic heterocycles. The average Bonchev–Trinajstić information content (AvgIpc) is 2.10. The van der Waals surface area contributed by atoms with E-state index in [9.17, 15) is 9.18 Å². The molecule has 0 saturated heterocycles. The number of aliphatic hydroxyl groups excluding tert-OH is 1. The third kappa shape index (κ3) is 6.22. The molecule has 0 bridgehead atoms. The molecule has 1 amide bonds. The number of aliphatic hydroxyl groups is 1. The summed E-state index contributed by atoms with van der Waals surface area (Å²) < 4.78 is 12.3. The van der Waals surface area contributed by atoms with Gasteiger partial charge in [-0.2, -0.15) is 0 Å². The highest BCUT2D eigenvalue weighted by Crippen LogP contribution is 1.97. The quantitative estimate of drug-likeness (QED) is 0.529. The van der Waals surface area contributed by atoms with Gasteiger partial charge in [0, 0.05) is 11.8 Å². The lowest BCUT2D eigenvalue weighted by molar-refractivity contribution is -0.116. The van der Waals surface area contributed by atoms with Crippen LogP contribution >= 0.6 is 0 Å². The lowest BCUT2D eigenvalue weighted by Crippen LogP contribution is -2.21. The van der Waals surface area contributed by atoms with Gasteiger partial charge < -0.3 is 10.4 Å². The number of alkyl halides is 1. The molecule has 0 aliphatic rings. The van der Waals surface area contributed by atoms with Crippen LogP contribution in [-0.2, 0) is 4.79 Å². The number of carbonyl (C=O) groups excluding carboxylic acids is 1. The van der Waals surface area contributed by atoms with Gasteiger partial charge in [-0.25, -0.2) is 4.39 Å². The number of halogens is 1. The number of amides is 1. The van der Waals surface area contributed by atoms with E-state index in [1.54, 1.807) is 6.08 Å². The molecular weight excluding hydrogens is 185 g/mol. The summed E-state index contributed by atoms with van der Waals surface area (Å²) in [4.78, 5) is 11.0. The smallest absolute Gasteiger partial charge is 0.251 e. The molecule has 0 saturated carbocycles. The summed E-state index contributed by atoms with van der Waals surface area (Å²) in [5.41, 5.74) is 0.245. The van der Waals surface area contributed by atoms with Crippen LogP contribution in [0.1, 0.15) is 26.7 Å². The molecule has 0 radical (unpaired) electrons. The van der Waals surface area contributed by atoms with Crippen LogP contribution in [0.3, 0.4) is 0 Å². The number of unbranched alkanes of at least 4 members (excludes halogenated alkanes) is 1. The molecule has 0 aromatic rings. The zero-order valence-electron chi connectivity index (χ0n) is 8.51. The van der Waals surface area contributed by atoms with Crippen LogP contribution < -0.4 is 5.32 Å². The Balaban J connectivity index is 4.18. The SMILES string of the molecule is CCC/C=C(\CF)NC(=O)/C=C(\C)O. The van der Waals surface area contributed by atoms with Crippen molar-refractivity contribution < 1.29 is 14.3 Å². The first-order chi connectivity index (χ1) is 6.60. The predicted molar refractivity (Wildman–Crippen MR) is 53.5 cm³/mol. The first kappa shape index (κ1) is 12.7. The number of rotatable bonds is 5. The van der Waals surface area contributed by atoms with E-state index in [1.807, 2.05) is 6.92 Å². The van der Waals surface area contributed by atoms with Gasteiger partial charge in [0.15, 0.2) is 0 Å². The molecule has 14 heavy (non-hydrogen) atoms. The molecule has 2 N–H and O–H groups in total. The Morgan fingerprint density at radius 1 is 1.57 bits per heavy atom. The summed E-state index contributed by atoms with van der Waals surface area (Å²) in [5.74, 6) is -0.610. The van der Waals surface area contributed by atoms with Crippen LogP contribution in [0, 0.1) is 0 Å². The Hall–Kier alpha value is -1.32. The lowest BCUT2D eigenvalue weighted by atomic mass is 10.3. The topological polar surface area (TPSA) is 49.3 Å². The Kier molecular flexibility index (Phi) is 6.45. The fraction of sp³-hybridized carbons (Fsp3) is 0.500. The molecular formula is C10H16FNO2. The van der Waals surface area contributed by atoms with E-state index in [0.29, 0.717) is 0 Å². The van der Waals surface area contributed by atoms with Crippen molar-refractivity contribution in [2.24, 2.45) is 0 Å². The highest BCUT2D eigenvalue weighted by Gasteiger charge is 2.01. The fourth-order valence-electron chi connectivity index (χ4n) is 0.842. The summed E-state index contributed by atoms with van der Waals surface area (Å²) in [5, 5.41) is 11.1. The minimum absolute atomic E-state index is 0.101. The summed E-state index contributed by atoms with van der Waals surface area (Å²) in [7, 11) is 0. The van der Waals surface area contributed by atoms with E-state index in [0.717, 1.165) is 18.9 Å². The first-order valence-electron chi connectivity index (χ1n) is 4.53. The molecule has 0 rings (SSSR count). The second-order valence-corrected chi connectivity index (χ2v) is 2.93. The van der Waals surface area contributed by atoms with Gasteiger partial charge in [0.05, 0.1) is 5.76 Å². The summed E-state index contributed by atoms with van der Waals surface area (Å²) in [6.45, 7) is 2.64. The van der Waals surface area contributed by atoms with Crippen LogP contribution in [0.25, 0.3) is 0 Å². The monoisotopic (exact) mass is 201 g/mol. The maximum atomic E-state index is 12.3. The van der Waals surface area contributed by atoms with E-state index in [1.165, 1.54) is 6.92 Å². The second-order valence-electron chi connectivity index (χ2n) is 2.93. The second kappa shape index (κ2) is 7.12. The van der Waals surface area contributed by atoms with Gasteiger partial charge in [0.25, 0.3) is 5.91 Å². The minimum atomic E-state index is -0.704. The van der Waals surface area contributed by atoms with Crippen LogP contribution in [0.2, 0.25) is 0 Å². The molecule has 0 atom stereocenters. The predicted octanol–water partition coefficient (Wildman–Crippen LogP) is 2.22. The Labute approximate surface area is 83.3 Å². The van der Waals surface area contributed by atoms with Crippen molar-refractivity contribution in [2.45, 2.75) is 26.7 Å². The van der Waals surface area contributed by atoms with E-state index >= 15 is 0 Å². The summed E-state index contributed by atoms with van der Waals surface area (Å²) >= 11 is 0. The molecule has 80 valence electrons. The molecule has 0 unspecified atom stereocenters. The van der Waals surface area contributed by atoms with E-state index in [2.05, 4.69) is 5.32 Å². The average molecular weight is 201 g/mol. The van der Waals surface area contributed by atoms with Crippen LogP contribution in [0.15, 0.2) is 23.6 Å². The Morgan fingerprint density at radius 2 is 2.21 bits per heavy atom. The van der Waals surface area contributed by atoms with E-state index in [4.69, 9.17) is 5.11 Å². The minimum Gasteiger partial charge on any atom is -0.512 e. The van der Waals surface area contributed by atoms with Gasteiger partial charge in [-0.15, -0.1) is 0 Å². The van der Waals surface area contributed by atoms with Crippen LogP contribution in [-0.4, -0.2) is 17.7 Å². The normalized spacial score (nSPS) is 12.8. The van der Waals surface area contributed by atoms with Crippen molar-refractivity contribution >= 4 is 5.91 Å². The lowest BCUT2D eigenvalue weighted by Gasteiger charge is -2.03. The molecule has 0 aromatic carbocycles. The zero-order valence-corrected chi connectivity index (χ0v) is 8.51. The number of allylic oxidation sites excluding steroid dienone is 3. The molecule has 0 aromatic heterocycles. The first-order valence-corrected chi connectivity index (χ1v) is 4.53. The molecule has 0 fully saturated rings. The Bertz CT molecular complexity index is 243. The van der Waals surface area contributed by atoms with Crippen molar-refractivity contribution in [1.29, 1.82) is 0 Å². The third-order valence-electron chi connectivity index (χ3n) is 1.45. The number of hydrogen-bond acceptors (Lipinski definition) is 2. The summed E-state index contributed by atoms with van der Waals surface area (Å²) in [6, 6.07) is 0. The third-order valence-corrected chi connectivity index (χ3v) is 1.45. The van der Waals surface area contributed by atoms with E-state index < -0.39 is 12.6 Å². The molecule has 0 heterocycles. The maximum Gasteiger partial charge on any atom is 0.251 e. The van der Waals surface area contributed by atoms with Crippen molar-refractivity contribution in [3.05, 3.63) is 23.6 Å². The van der Waals surface area contributed by atoms with Crippen molar-refractivity contribution in [3.63, 3.8) is 0 Å². The van der Waals surface area contributed by atoms with Gasteiger partial charge in [-0.05, 0) is 13.3 Å². The van der Waals surface area contributed by atoms with Crippen molar-refractivity contribution in [2.75, 3.05) is 6.67 Å². The summed E-state index contributed by atoms with van der Waals surface area (Å²) in [6.07, 6.45) is 4.27. The van der Waals surface area contributed by atoms with E-state index in [-0.39, 0.29) is 11.5 Å². The molecule has 4 heteroatoms. The van der Waals surface area contributed by atoms with Crippen LogP contribution in [0.4, 0.5) is 4.39 Å². The zero-order chi connectivity index (χ0) is 11.0. The van der Waals surface area contributed by atoms with Crippen molar-refractivity contribution in [1.82, 2.24) is 5.32 Å². The number of nitrogens with one attached hydrogen (secondary N) is 1. The largest absolute Gasteiger partial charge is 0.512 e. The molecule has 3 nitrogen and oxygen atoms in total. The van der Waals surface area contributed by atoms with Gasteiger partial charge in [0.1, 0.15) is 6.67 Å². The van der Waals surface area contributed by atoms with Gasteiger partial charge in [-0.1, -0.05) is 19.4 Å². The highest BCUT2D eigenvalue weighted by atomic mass is 19.1. The molecule has 0 aliphatic carbocycles. The number of hydrogen-bond donors (Lipinski definition) is 2.